The van der Waals surface area contributed by atoms with E-state index in [1.54, 1.807) is 6.07 Å². The third kappa shape index (κ3) is 2.66. The highest BCUT2D eigenvalue weighted by Crippen LogP contribution is 2.26. The lowest BCUT2D eigenvalue weighted by molar-refractivity contribution is 0.0690. The number of aromatic nitrogens is 1. The lowest BCUT2D eigenvalue weighted by Gasteiger charge is -2.07. The molecule has 0 aliphatic rings. The molecule has 0 atom stereocenters. The van der Waals surface area contributed by atoms with E-state index in [-0.39, 0.29) is 22.8 Å². The van der Waals surface area contributed by atoms with Crippen molar-refractivity contribution in [1.82, 2.24) is 4.98 Å². The molecule has 0 radical (unpaired) electrons. The molecule has 1 aromatic carbocycles. The molecule has 0 saturated carbocycles. The van der Waals surface area contributed by atoms with Crippen LogP contribution in [-0.2, 0) is 0 Å². The molecule has 0 aliphatic carbocycles. The SMILES string of the molecule is N#Cc1c(F)cccc1Oc1ccnc(C(=O)O)c1. The summed E-state index contributed by atoms with van der Waals surface area (Å²) in [5.74, 6) is -1.72. The minimum Gasteiger partial charge on any atom is -0.477 e. The van der Waals surface area contributed by atoms with Crippen LogP contribution in [0, 0.1) is 17.1 Å². The summed E-state index contributed by atoms with van der Waals surface area (Å²) in [6.45, 7) is 0. The van der Waals surface area contributed by atoms with Crippen LogP contribution in [0.1, 0.15) is 16.1 Å². The van der Waals surface area contributed by atoms with Gasteiger partial charge in [0.15, 0.2) is 5.69 Å². The summed E-state index contributed by atoms with van der Waals surface area (Å²) >= 11 is 0. The van der Waals surface area contributed by atoms with Crippen LogP contribution in [0.2, 0.25) is 0 Å². The lowest BCUT2D eigenvalue weighted by Crippen LogP contribution is -2.00. The van der Waals surface area contributed by atoms with Crippen molar-refractivity contribution < 1.29 is 19.0 Å². The number of hydrogen-bond acceptors (Lipinski definition) is 4. The number of pyridine rings is 1. The van der Waals surface area contributed by atoms with Crippen molar-refractivity contribution >= 4 is 5.97 Å². The van der Waals surface area contributed by atoms with Crippen LogP contribution in [0.4, 0.5) is 4.39 Å². The fourth-order valence-corrected chi connectivity index (χ4v) is 1.42. The largest absolute Gasteiger partial charge is 0.477 e. The minimum atomic E-state index is -1.20. The number of benzene rings is 1. The number of nitriles is 1. The van der Waals surface area contributed by atoms with Gasteiger partial charge in [-0.1, -0.05) is 6.07 Å². The fraction of sp³-hybridized carbons (Fsp3) is 0. The maximum absolute atomic E-state index is 13.4. The molecular formula is C13H7FN2O3. The predicted octanol–water partition coefficient (Wildman–Crippen LogP) is 2.58. The maximum Gasteiger partial charge on any atom is 0.354 e. The number of nitrogens with zero attached hydrogens (tertiary/aromatic N) is 2. The van der Waals surface area contributed by atoms with Gasteiger partial charge in [0.05, 0.1) is 0 Å². The van der Waals surface area contributed by atoms with E-state index in [9.17, 15) is 9.18 Å². The zero-order chi connectivity index (χ0) is 13.8. The Morgan fingerprint density at radius 1 is 1.42 bits per heavy atom. The van der Waals surface area contributed by atoms with Gasteiger partial charge in [0, 0.05) is 12.3 Å². The summed E-state index contributed by atoms with van der Waals surface area (Å²) in [4.78, 5) is 14.4. The molecule has 0 aliphatic heterocycles. The second-order valence-electron chi connectivity index (χ2n) is 3.51. The third-order valence-corrected chi connectivity index (χ3v) is 2.27. The molecule has 0 spiro atoms. The maximum atomic E-state index is 13.4. The molecule has 0 bridgehead atoms. The monoisotopic (exact) mass is 258 g/mol. The first kappa shape index (κ1) is 12.5. The fourth-order valence-electron chi connectivity index (χ4n) is 1.42. The van der Waals surface area contributed by atoms with Crippen molar-refractivity contribution in [3.8, 4) is 17.6 Å². The predicted molar refractivity (Wildman–Crippen MR) is 62.4 cm³/mol. The molecule has 1 heterocycles. The third-order valence-electron chi connectivity index (χ3n) is 2.27. The summed E-state index contributed by atoms with van der Waals surface area (Å²) < 4.78 is 18.7. The summed E-state index contributed by atoms with van der Waals surface area (Å²) in [6.07, 6.45) is 1.25. The Morgan fingerprint density at radius 2 is 2.21 bits per heavy atom. The number of carboxylic acids is 1. The van der Waals surface area contributed by atoms with Crippen LogP contribution in [-0.4, -0.2) is 16.1 Å². The molecular weight excluding hydrogens is 251 g/mol. The van der Waals surface area contributed by atoms with Crippen LogP contribution in [0.15, 0.2) is 36.5 Å². The van der Waals surface area contributed by atoms with Crippen LogP contribution >= 0.6 is 0 Å². The van der Waals surface area contributed by atoms with Crippen molar-refractivity contribution in [2.45, 2.75) is 0 Å². The first-order valence-corrected chi connectivity index (χ1v) is 5.17. The Labute approximate surface area is 107 Å². The molecule has 6 heteroatoms. The van der Waals surface area contributed by atoms with Crippen LogP contribution in [0.25, 0.3) is 0 Å². The van der Waals surface area contributed by atoms with Gasteiger partial charge in [-0.15, -0.1) is 0 Å². The normalized spacial score (nSPS) is 9.68. The molecule has 1 N–H and O–H groups in total. The van der Waals surface area contributed by atoms with E-state index in [4.69, 9.17) is 15.1 Å². The van der Waals surface area contributed by atoms with E-state index >= 15 is 0 Å². The molecule has 2 aromatic rings. The summed E-state index contributed by atoms with van der Waals surface area (Å²) in [5.41, 5.74) is -0.441. The van der Waals surface area contributed by atoms with Crippen molar-refractivity contribution in [1.29, 1.82) is 5.26 Å². The average Bonchev–Trinajstić information content (AvgIpc) is 2.39. The topological polar surface area (TPSA) is 83.2 Å². The summed E-state index contributed by atoms with van der Waals surface area (Å²) in [6, 6.07) is 8.25. The number of ether oxygens (including phenoxy) is 1. The van der Waals surface area contributed by atoms with Crippen LogP contribution in [0.5, 0.6) is 11.5 Å². The molecule has 0 amide bonds. The van der Waals surface area contributed by atoms with Gasteiger partial charge in [0.25, 0.3) is 0 Å². The Morgan fingerprint density at radius 3 is 2.89 bits per heavy atom. The lowest BCUT2D eigenvalue weighted by atomic mass is 10.2. The Bertz CT molecular complexity index is 680. The van der Waals surface area contributed by atoms with Gasteiger partial charge in [-0.25, -0.2) is 14.2 Å². The van der Waals surface area contributed by atoms with Crippen molar-refractivity contribution in [2.75, 3.05) is 0 Å². The smallest absolute Gasteiger partial charge is 0.354 e. The van der Waals surface area contributed by atoms with Crippen molar-refractivity contribution in [2.24, 2.45) is 0 Å². The zero-order valence-electron chi connectivity index (χ0n) is 9.50. The Balaban J connectivity index is 2.37. The number of hydrogen-bond donors (Lipinski definition) is 1. The second kappa shape index (κ2) is 5.14. The van der Waals surface area contributed by atoms with E-state index in [0.717, 1.165) is 6.07 Å². The second-order valence-corrected chi connectivity index (χ2v) is 3.51. The molecule has 0 saturated heterocycles. The highest BCUT2D eigenvalue weighted by molar-refractivity contribution is 5.85. The number of rotatable bonds is 3. The molecule has 1 aromatic heterocycles. The molecule has 19 heavy (non-hydrogen) atoms. The number of carbonyl (C=O) groups is 1. The first-order valence-electron chi connectivity index (χ1n) is 5.17. The number of halogens is 1. The van der Waals surface area contributed by atoms with Gasteiger partial charge in [-0.05, 0) is 18.2 Å². The summed E-state index contributed by atoms with van der Waals surface area (Å²) in [7, 11) is 0. The Kier molecular flexibility index (Phi) is 3.39. The quantitative estimate of drug-likeness (QED) is 0.914. The van der Waals surface area contributed by atoms with E-state index < -0.39 is 11.8 Å². The van der Waals surface area contributed by atoms with Crippen LogP contribution < -0.4 is 4.74 Å². The van der Waals surface area contributed by atoms with Gasteiger partial charge < -0.3 is 9.84 Å². The molecule has 0 fully saturated rings. The van der Waals surface area contributed by atoms with Gasteiger partial charge in [-0.2, -0.15) is 5.26 Å². The molecule has 94 valence electrons. The molecule has 0 unspecified atom stereocenters. The van der Waals surface area contributed by atoms with E-state index in [2.05, 4.69) is 4.98 Å². The van der Waals surface area contributed by atoms with E-state index in [1.165, 1.54) is 30.5 Å². The van der Waals surface area contributed by atoms with Gasteiger partial charge in [-0.3, -0.25) is 0 Å². The highest BCUT2D eigenvalue weighted by atomic mass is 19.1. The number of carboxylic acid groups (broad SMARTS) is 1. The van der Waals surface area contributed by atoms with E-state index in [1.807, 2.05) is 0 Å². The first-order chi connectivity index (χ1) is 9.11. The van der Waals surface area contributed by atoms with Gasteiger partial charge >= 0.3 is 5.97 Å². The highest BCUT2D eigenvalue weighted by Gasteiger charge is 2.11. The average molecular weight is 258 g/mol. The standard InChI is InChI=1S/C13H7FN2O3/c14-10-2-1-3-12(9(10)7-15)19-8-4-5-16-11(6-8)13(17)18/h1-6H,(H,17,18). The summed E-state index contributed by atoms with van der Waals surface area (Å²) in [5, 5.41) is 17.6. The molecule has 5 nitrogen and oxygen atoms in total. The number of aromatic carboxylic acids is 1. The zero-order valence-corrected chi connectivity index (χ0v) is 9.50. The van der Waals surface area contributed by atoms with E-state index in [0.29, 0.717) is 0 Å². The van der Waals surface area contributed by atoms with Crippen molar-refractivity contribution in [3.63, 3.8) is 0 Å². The Hall–Kier alpha value is -2.94. The van der Waals surface area contributed by atoms with Crippen molar-refractivity contribution in [3.05, 3.63) is 53.6 Å². The van der Waals surface area contributed by atoms with Gasteiger partial charge in [0.1, 0.15) is 28.9 Å². The minimum absolute atomic E-state index is 0.0186. The van der Waals surface area contributed by atoms with Crippen LogP contribution in [0.3, 0.4) is 0 Å². The molecule has 2 rings (SSSR count). The van der Waals surface area contributed by atoms with Gasteiger partial charge in [0.2, 0.25) is 0 Å².